The van der Waals surface area contributed by atoms with Gasteiger partial charge in [-0.2, -0.15) is 0 Å². The van der Waals surface area contributed by atoms with Crippen LogP contribution in [-0.2, 0) is 6.42 Å². The molecule has 1 aromatic heterocycles. The standard InChI is InChI=1S/C12H10Cl3N3/c1-2-11-17-10(15)6-12(18-11)16-9-5-7(13)3-4-8(9)14/h3-6H,2H2,1H3,(H,16,17,18). The lowest BCUT2D eigenvalue weighted by Crippen LogP contribution is -2.00. The van der Waals surface area contributed by atoms with E-state index in [1.807, 2.05) is 6.92 Å². The Kier molecular flexibility index (Phi) is 4.27. The van der Waals surface area contributed by atoms with Gasteiger partial charge in [-0.25, -0.2) is 9.97 Å². The highest BCUT2D eigenvalue weighted by molar-refractivity contribution is 6.35. The molecule has 6 heteroatoms. The van der Waals surface area contributed by atoms with Crippen molar-refractivity contribution in [3.8, 4) is 0 Å². The molecule has 0 amide bonds. The van der Waals surface area contributed by atoms with Crippen molar-refractivity contribution >= 4 is 46.3 Å². The predicted octanol–water partition coefficient (Wildman–Crippen LogP) is 4.74. The first kappa shape index (κ1) is 13.4. The molecule has 0 aliphatic rings. The summed E-state index contributed by atoms with van der Waals surface area (Å²) in [5.74, 6) is 1.26. The van der Waals surface area contributed by atoms with E-state index in [4.69, 9.17) is 34.8 Å². The molecule has 0 aliphatic carbocycles. The lowest BCUT2D eigenvalue weighted by atomic mass is 10.3. The van der Waals surface area contributed by atoms with Crippen LogP contribution in [0.3, 0.4) is 0 Å². The highest BCUT2D eigenvalue weighted by Gasteiger charge is 2.05. The number of aromatic nitrogens is 2. The molecule has 0 aliphatic heterocycles. The van der Waals surface area contributed by atoms with E-state index < -0.39 is 0 Å². The molecule has 18 heavy (non-hydrogen) atoms. The molecule has 0 spiro atoms. The molecular formula is C12H10Cl3N3. The number of aryl methyl sites for hydroxylation is 1. The van der Waals surface area contributed by atoms with Crippen LogP contribution in [0.1, 0.15) is 12.7 Å². The van der Waals surface area contributed by atoms with E-state index in [-0.39, 0.29) is 0 Å². The average molecular weight is 303 g/mol. The summed E-state index contributed by atoms with van der Waals surface area (Å²) < 4.78 is 0. The first-order valence-corrected chi connectivity index (χ1v) is 6.47. The molecule has 94 valence electrons. The van der Waals surface area contributed by atoms with Crippen LogP contribution in [-0.4, -0.2) is 9.97 Å². The van der Waals surface area contributed by atoms with Gasteiger partial charge in [0.05, 0.1) is 10.7 Å². The van der Waals surface area contributed by atoms with Gasteiger partial charge in [-0.3, -0.25) is 0 Å². The van der Waals surface area contributed by atoms with Gasteiger partial charge >= 0.3 is 0 Å². The summed E-state index contributed by atoms with van der Waals surface area (Å²) in [5, 5.41) is 4.63. The van der Waals surface area contributed by atoms with Crippen LogP contribution in [0.15, 0.2) is 24.3 Å². The van der Waals surface area contributed by atoms with Crippen LogP contribution < -0.4 is 5.32 Å². The summed E-state index contributed by atoms with van der Waals surface area (Å²) in [6, 6.07) is 6.80. The van der Waals surface area contributed by atoms with Crippen LogP contribution in [0.5, 0.6) is 0 Å². The van der Waals surface area contributed by atoms with E-state index in [0.717, 1.165) is 0 Å². The fourth-order valence-corrected chi connectivity index (χ4v) is 1.96. The van der Waals surface area contributed by atoms with E-state index in [1.54, 1.807) is 24.3 Å². The van der Waals surface area contributed by atoms with E-state index in [2.05, 4.69) is 15.3 Å². The summed E-state index contributed by atoms with van der Waals surface area (Å²) in [7, 11) is 0. The molecular weight excluding hydrogens is 293 g/mol. The molecule has 3 nitrogen and oxygen atoms in total. The first-order valence-electron chi connectivity index (χ1n) is 5.34. The summed E-state index contributed by atoms with van der Waals surface area (Å²) in [4.78, 5) is 8.40. The quantitative estimate of drug-likeness (QED) is 0.832. The Morgan fingerprint density at radius 3 is 2.61 bits per heavy atom. The summed E-state index contributed by atoms with van der Waals surface area (Å²) in [5.41, 5.74) is 0.681. The van der Waals surface area contributed by atoms with E-state index in [1.165, 1.54) is 0 Å². The van der Waals surface area contributed by atoms with Gasteiger partial charge in [0.1, 0.15) is 16.8 Å². The third kappa shape index (κ3) is 3.25. The molecule has 1 aromatic carbocycles. The van der Waals surface area contributed by atoms with Crippen molar-refractivity contribution < 1.29 is 0 Å². The molecule has 2 rings (SSSR count). The van der Waals surface area contributed by atoms with E-state index >= 15 is 0 Å². The van der Waals surface area contributed by atoms with Gasteiger partial charge in [0.25, 0.3) is 0 Å². The normalized spacial score (nSPS) is 10.4. The zero-order valence-electron chi connectivity index (χ0n) is 9.54. The number of nitrogens with zero attached hydrogens (tertiary/aromatic N) is 2. The highest BCUT2D eigenvalue weighted by Crippen LogP contribution is 2.28. The molecule has 0 atom stereocenters. The van der Waals surface area contributed by atoms with Crippen molar-refractivity contribution in [1.29, 1.82) is 0 Å². The average Bonchev–Trinajstić information content (AvgIpc) is 2.33. The van der Waals surface area contributed by atoms with E-state index in [0.29, 0.717) is 38.9 Å². The maximum Gasteiger partial charge on any atom is 0.135 e. The third-order valence-electron chi connectivity index (χ3n) is 2.25. The van der Waals surface area contributed by atoms with Crippen molar-refractivity contribution in [2.75, 3.05) is 5.32 Å². The topological polar surface area (TPSA) is 37.8 Å². The fourth-order valence-electron chi connectivity index (χ4n) is 1.42. The Morgan fingerprint density at radius 2 is 1.89 bits per heavy atom. The van der Waals surface area contributed by atoms with Crippen LogP contribution in [0.25, 0.3) is 0 Å². The third-order valence-corrected chi connectivity index (χ3v) is 3.01. The number of rotatable bonds is 3. The van der Waals surface area contributed by atoms with Gasteiger partial charge in [0, 0.05) is 17.5 Å². The maximum absolute atomic E-state index is 6.06. The first-order chi connectivity index (χ1) is 8.58. The minimum absolute atomic E-state index is 0.391. The second-order valence-corrected chi connectivity index (χ2v) is 4.83. The highest BCUT2D eigenvalue weighted by atomic mass is 35.5. The van der Waals surface area contributed by atoms with Gasteiger partial charge in [-0.1, -0.05) is 41.7 Å². The predicted molar refractivity (Wildman–Crippen MR) is 76.2 cm³/mol. The van der Waals surface area contributed by atoms with Crippen LogP contribution in [0.4, 0.5) is 11.5 Å². The fraction of sp³-hybridized carbons (Fsp3) is 0.167. The van der Waals surface area contributed by atoms with Gasteiger partial charge < -0.3 is 5.32 Å². The van der Waals surface area contributed by atoms with Crippen molar-refractivity contribution in [2.24, 2.45) is 0 Å². The Hall–Kier alpha value is -1.03. The maximum atomic E-state index is 6.06. The van der Waals surface area contributed by atoms with Crippen molar-refractivity contribution in [2.45, 2.75) is 13.3 Å². The molecule has 1 N–H and O–H groups in total. The van der Waals surface area contributed by atoms with Crippen LogP contribution >= 0.6 is 34.8 Å². The second-order valence-electron chi connectivity index (χ2n) is 3.59. The Labute approximate surface area is 120 Å². The molecule has 0 bridgehead atoms. The number of benzene rings is 1. The van der Waals surface area contributed by atoms with Gasteiger partial charge in [-0.05, 0) is 18.2 Å². The Morgan fingerprint density at radius 1 is 1.11 bits per heavy atom. The van der Waals surface area contributed by atoms with Crippen LogP contribution in [0, 0.1) is 0 Å². The van der Waals surface area contributed by atoms with Gasteiger partial charge in [-0.15, -0.1) is 0 Å². The van der Waals surface area contributed by atoms with Crippen LogP contribution in [0.2, 0.25) is 15.2 Å². The monoisotopic (exact) mass is 301 g/mol. The number of hydrogen-bond acceptors (Lipinski definition) is 3. The van der Waals surface area contributed by atoms with Crippen molar-refractivity contribution in [1.82, 2.24) is 9.97 Å². The Balaban J connectivity index is 2.33. The second kappa shape index (κ2) is 5.74. The number of hydrogen-bond donors (Lipinski definition) is 1. The molecule has 0 saturated carbocycles. The van der Waals surface area contributed by atoms with Gasteiger partial charge in [0.15, 0.2) is 0 Å². The zero-order valence-corrected chi connectivity index (χ0v) is 11.8. The molecule has 0 saturated heterocycles. The summed E-state index contributed by atoms with van der Waals surface area (Å²) in [6.45, 7) is 1.96. The molecule has 0 unspecified atom stereocenters. The Bertz CT molecular complexity index is 572. The molecule has 1 heterocycles. The smallest absolute Gasteiger partial charge is 0.135 e. The van der Waals surface area contributed by atoms with E-state index in [9.17, 15) is 0 Å². The van der Waals surface area contributed by atoms with Crippen molar-refractivity contribution in [3.05, 3.63) is 45.3 Å². The zero-order chi connectivity index (χ0) is 13.1. The minimum Gasteiger partial charge on any atom is -0.339 e. The number of nitrogens with one attached hydrogen (secondary N) is 1. The van der Waals surface area contributed by atoms with Gasteiger partial charge in [0.2, 0.25) is 0 Å². The largest absolute Gasteiger partial charge is 0.339 e. The SMILES string of the molecule is CCc1nc(Cl)cc(Nc2cc(Cl)ccc2Cl)n1. The molecule has 0 fully saturated rings. The molecule has 2 aromatic rings. The van der Waals surface area contributed by atoms with Crippen molar-refractivity contribution in [3.63, 3.8) is 0 Å². The number of anilines is 2. The minimum atomic E-state index is 0.391. The summed E-state index contributed by atoms with van der Waals surface area (Å²) >= 11 is 17.9. The lowest BCUT2D eigenvalue weighted by Gasteiger charge is -2.09. The lowest BCUT2D eigenvalue weighted by molar-refractivity contribution is 0.943. The molecule has 0 radical (unpaired) electrons. The summed E-state index contributed by atoms with van der Waals surface area (Å²) in [6.07, 6.45) is 0.707. The number of halogens is 3.